The molecule has 0 saturated carbocycles. The van der Waals surface area contributed by atoms with Crippen molar-refractivity contribution < 1.29 is 0 Å². The molecule has 2 aromatic heterocycles. The normalized spacial score (nSPS) is 11.2. The first kappa shape index (κ1) is 11.4. The highest BCUT2D eigenvalue weighted by atomic mass is 35.5. The maximum Gasteiger partial charge on any atom is 0.209 e. The summed E-state index contributed by atoms with van der Waals surface area (Å²) in [6.45, 7) is 0. The van der Waals surface area contributed by atoms with Crippen molar-refractivity contribution in [3.63, 3.8) is 0 Å². The molecule has 2 aromatic carbocycles. The van der Waals surface area contributed by atoms with Crippen LogP contribution in [0.4, 0.5) is 0 Å². The molecular formula is C16H10ClN3. The third-order valence-corrected chi connectivity index (χ3v) is 3.59. The number of para-hydroxylation sites is 3. The standard InChI is InChI=1S/C16H10ClN3/c17-16-19-13-7-3-4-8-14(13)20(16)15-10-9-11-5-1-2-6-12(11)18-15/h1-10H. The smallest absolute Gasteiger partial charge is 0.209 e. The Kier molecular flexibility index (Phi) is 2.47. The van der Waals surface area contributed by atoms with E-state index in [0.29, 0.717) is 5.28 Å². The van der Waals surface area contributed by atoms with Crippen LogP contribution in [0.15, 0.2) is 60.7 Å². The monoisotopic (exact) mass is 279 g/mol. The summed E-state index contributed by atoms with van der Waals surface area (Å²) in [4.78, 5) is 9.03. The van der Waals surface area contributed by atoms with Crippen molar-refractivity contribution in [2.75, 3.05) is 0 Å². The predicted molar refractivity (Wildman–Crippen MR) is 81.4 cm³/mol. The molecule has 4 heteroatoms. The van der Waals surface area contributed by atoms with Crippen molar-refractivity contribution in [2.24, 2.45) is 0 Å². The molecule has 3 nitrogen and oxygen atoms in total. The fraction of sp³-hybridized carbons (Fsp3) is 0. The highest BCUT2D eigenvalue weighted by Gasteiger charge is 2.11. The second kappa shape index (κ2) is 4.32. The predicted octanol–water partition coefficient (Wildman–Crippen LogP) is 4.23. The molecule has 0 spiro atoms. The minimum absolute atomic E-state index is 0.425. The van der Waals surface area contributed by atoms with E-state index >= 15 is 0 Å². The number of nitrogens with zero attached hydrogens (tertiary/aromatic N) is 3. The van der Waals surface area contributed by atoms with Crippen molar-refractivity contribution in [3.05, 3.63) is 65.9 Å². The number of aromatic nitrogens is 3. The summed E-state index contributed by atoms with van der Waals surface area (Å²) in [7, 11) is 0. The Bertz CT molecular complexity index is 927. The Morgan fingerprint density at radius 1 is 0.750 bits per heavy atom. The van der Waals surface area contributed by atoms with Crippen LogP contribution >= 0.6 is 11.6 Å². The lowest BCUT2D eigenvalue weighted by molar-refractivity contribution is 1.04. The van der Waals surface area contributed by atoms with E-state index in [1.54, 1.807) is 0 Å². The van der Waals surface area contributed by atoms with E-state index in [2.05, 4.69) is 9.97 Å². The fourth-order valence-electron chi connectivity index (χ4n) is 2.39. The van der Waals surface area contributed by atoms with E-state index in [0.717, 1.165) is 27.8 Å². The van der Waals surface area contributed by atoms with E-state index in [1.165, 1.54) is 0 Å². The molecule has 0 aliphatic heterocycles. The topological polar surface area (TPSA) is 30.7 Å². The summed E-state index contributed by atoms with van der Waals surface area (Å²) in [5.41, 5.74) is 2.77. The number of fused-ring (bicyclic) bond motifs is 2. The summed E-state index contributed by atoms with van der Waals surface area (Å²) < 4.78 is 1.86. The number of rotatable bonds is 1. The van der Waals surface area contributed by atoms with Crippen LogP contribution in [-0.4, -0.2) is 14.5 Å². The molecule has 0 saturated heterocycles. The van der Waals surface area contributed by atoms with E-state index in [1.807, 2.05) is 65.2 Å². The maximum absolute atomic E-state index is 6.27. The summed E-state index contributed by atoms with van der Waals surface area (Å²) in [6.07, 6.45) is 0. The molecular weight excluding hydrogens is 270 g/mol. The van der Waals surface area contributed by atoms with Gasteiger partial charge < -0.3 is 0 Å². The summed E-state index contributed by atoms with van der Waals surface area (Å²) in [6, 6.07) is 19.9. The Morgan fingerprint density at radius 2 is 1.50 bits per heavy atom. The van der Waals surface area contributed by atoms with Gasteiger partial charge in [-0.25, -0.2) is 9.97 Å². The van der Waals surface area contributed by atoms with Crippen molar-refractivity contribution in [1.82, 2.24) is 14.5 Å². The molecule has 0 radical (unpaired) electrons. The molecule has 0 aliphatic carbocycles. The largest absolute Gasteiger partial charge is 0.267 e. The molecule has 0 bridgehead atoms. The second-order valence-electron chi connectivity index (χ2n) is 4.57. The summed E-state index contributed by atoms with van der Waals surface area (Å²) in [5, 5.41) is 1.53. The number of hydrogen-bond acceptors (Lipinski definition) is 2. The molecule has 0 aliphatic rings. The molecule has 20 heavy (non-hydrogen) atoms. The van der Waals surface area contributed by atoms with E-state index in [-0.39, 0.29) is 0 Å². The Labute approximate surface area is 120 Å². The van der Waals surface area contributed by atoms with Gasteiger partial charge in [0, 0.05) is 5.39 Å². The van der Waals surface area contributed by atoms with Gasteiger partial charge in [0.05, 0.1) is 16.6 Å². The summed E-state index contributed by atoms with van der Waals surface area (Å²) in [5.74, 6) is 0.780. The SMILES string of the molecule is Clc1nc2ccccc2n1-c1ccc2ccccc2n1. The Balaban J connectivity index is 2.03. The first-order valence-electron chi connectivity index (χ1n) is 6.32. The van der Waals surface area contributed by atoms with Gasteiger partial charge in [0.1, 0.15) is 5.82 Å². The Hall–Kier alpha value is -2.39. The third-order valence-electron chi connectivity index (χ3n) is 3.33. The second-order valence-corrected chi connectivity index (χ2v) is 4.91. The molecule has 0 unspecified atom stereocenters. The van der Waals surface area contributed by atoms with Gasteiger partial charge in [0.25, 0.3) is 0 Å². The zero-order valence-electron chi connectivity index (χ0n) is 10.5. The minimum atomic E-state index is 0.425. The lowest BCUT2D eigenvalue weighted by Gasteiger charge is -2.06. The molecule has 4 rings (SSSR count). The molecule has 4 aromatic rings. The van der Waals surface area contributed by atoms with Gasteiger partial charge in [-0.05, 0) is 41.9 Å². The first-order chi connectivity index (χ1) is 9.83. The number of halogens is 1. The molecule has 0 fully saturated rings. The molecule has 2 heterocycles. The molecule has 0 N–H and O–H groups in total. The number of hydrogen-bond donors (Lipinski definition) is 0. The number of pyridine rings is 1. The van der Waals surface area contributed by atoms with Crippen molar-refractivity contribution in [2.45, 2.75) is 0 Å². The zero-order valence-corrected chi connectivity index (χ0v) is 11.2. The van der Waals surface area contributed by atoms with Crippen LogP contribution in [0.25, 0.3) is 27.8 Å². The van der Waals surface area contributed by atoms with Crippen molar-refractivity contribution in [1.29, 1.82) is 0 Å². The highest BCUT2D eigenvalue weighted by molar-refractivity contribution is 6.29. The van der Waals surface area contributed by atoms with Gasteiger partial charge in [-0.3, -0.25) is 4.57 Å². The van der Waals surface area contributed by atoms with Gasteiger partial charge >= 0.3 is 0 Å². The van der Waals surface area contributed by atoms with Crippen LogP contribution < -0.4 is 0 Å². The first-order valence-corrected chi connectivity index (χ1v) is 6.70. The third kappa shape index (κ3) is 1.67. The van der Waals surface area contributed by atoms with Crippen molar-refractivity contribution in [3.8, 4) is 5.82 Å². The van der Waals surface area contributed by atoms with Gasteiger partial charge in [-0.2, -0.15) is 0 Å². The lowest BCUT2D eigenvalue weighted by atomic mass is 10.2. The fourth-order valence-corrected chi connectivity index (χ4v) is 2.66. The Morgan fingerprint density at radius 3 is 2.40 bits per heavy atom. The van der Waals surface area contributed by atoms with Crippen LogP contribution in [0.2, 0.25) is 5.28 Å². The molecule has 96 valence electrons. The maximum atomic E-state index is 6.27. The van der Waals surface area contributed by atoms with Gasteiger partial charge in [-0.15, -0.1) is 0 Å². The van der Waals surface area contributed by atoms with Crippen LogP contribution in [0.1, 0.15) is 0 Å². The van der Waals surface area contributed by atoms with Crippen molar-refractivity contribution >= 4 is 33.5 Å². The minimum Gasteiger partial charge on any atom is -0.267 e. The van der Waals surface area contributed by atoms with Crippen LogP contribution in [0.5, 0.6) is 0 Å². The summed E-state index contributed by atoms with van der Waals surface area (Å²) >= 11 is 6.27. The van der Waals surface area contributed by atoms with Gasteiger partial charge in [-0.1, -0.05) is 30.3 Å². The van der Waals surface area contributed by atoms with E-state index in [4.69, 9.17) is 11.6 Å². The van der Waals surface area contributed by atoms with Crippen LogP contribution in [0, 0.1) is 0 Å². The van der Waals surface area contributed by atoms with Crippen LogP contribution in [-0.2, 0) is 0 Å². The van der Waals surface area contributed by atoms with E-state index < -0.39 is 0 Å². The average molecular weight is 280 g/mol. The lowest BCUT2D eigenvalue weighted by Crippen LogP contribution is -1.97. The van der Waals surface area contributed by atoms with E-state index in [9.17, 15) is 0 Å². The highest BCUT2D eigenvalue weighted by Crippen LogP contribution is 2.24. The number of imidazole rings is 1. The quantitative estimate of drug-likeness (QED) is 0.522. The number of benzene rings is 2. The zero-order chi connectivity index (χ0) is 13.5. The molecule has 0 amide bonds. The van der Waals surface area contributed by atoms with Gasteiger partial charge in [0.15, 0.2) is 0 Å². The molecule has 0 atom stereocenters. The van der Waals surface area contributed by atoms with Gasteiger partial charge in [0.2, 0.25) is 5.28 Å². The van der Waals surface area contributed by atoms with Crippen LogP contribution in [0.3, 0.4) is 0 Å². The average Bonchev–Trinajstić information content (AvgIpc) is 2.82.